The summed E-state index contributed by atoms with van der Waals surface area (Å²) >= 11 is 0. The Morgan fingerprint density at radius 3 is 2.31 bits per heavy atom. The minimum absolute atomic E-state index is 0.0606. The Morgan fingerprint density at radius 2 is 1.58 bits per heavy atom. The van der Waals surface area contributed by atoms with Crippen LogP contribution in [0.4, 0.5) is 5.82 Å². The molecular formula is C21H26N4O. The van der Waals surface area contributed by atoms with Crippen molar-refractivity contribution in [1.29, 1.82) is 0 Å². The number of piperazine rings is 1. The van der Waals surface area contributed by atoms with E-state index < -0.39 is 0 Å². The third-order valence-electron chi connectivity index (χ3n) is 5.29. The Balaban J connectivity index is 1.35. The molecule has 0 saturated carbocycles. The van der Waals surface area contributed by atoms with Crippen molar-refractivity contribution in [2.75, 3.05) is 44.2 Å². The van der Waals surface area contributed by atoms with Gasteiger partial charge >= 0.3 is 0 Å². The molecule has 2 aliphatic heterocycles. The average molecular weight is 350 g/mol. The predicted octanol–water partition coefficient (Wildman–Crippen LogP) is 2.64. The standard InChI is InChI=1S/C21H26N4O/c26-21(19-9-6-10-20(22-19)24-11-4-5-12-24)25-15-13-23(14-16-25)17-18-7-2-1-3-8-18/h1-3,6-10H,4-5,11-17H2. The van der Waals surface area contributed by atoms with Crippen LogP contribution in [0.25, 0.3) is 0 Å². The lowest BCUT2D eigenvalue weighted by atomic mass is 10.2. The molecule has 5 heteroatoms. The molecule has 1 aromatic heterocycles. The fraction of sp³-hybridized carbons (Fsp3) is 0.429. The largest absolute Gasteiger partial charge is 0.357 e. The van der Waals surface area contributed by atoms with Gasteiger partial charge in [-0.25, -0.2) is 4.98 Å². The van der Waals surface area contributed by atoms with Crippen LogP contribution in [-0.2, 0) is 6.54 Å². The van der Waals surface area contributed by atoms with Gasteiger partial charge < -0.3 is 9.80 Å². The number of rotatable bonds is 4. The Bertz CT molecular complexity index is 735. The molecule has 4 rings (SSSR count). The van der Waals surface area contributed by atoms with E-state index in [1.807, 2.05) is 29.2 Å². The minimum Gasteiger partial charge on any atom is -0.357 e. The maximum Gasteiger partial charge on any atom is 0.272 e. The van der Waals surface area contributed by atoms with Gasteiger partial charge in [0.1, 0.15) is 11.5 Å². The maximum absolute atomic E-state index is 12.9. The first-order valence-electron chi connectivity index (χ1n) is 9.57. The highest BCUT2D eigenvalue weighted by molar-refractivity contribution is 5.92. The normalized spacial score (nSPS) is 18.3. The summed E-state index contributed by atoms with van der Waals surface area (Å²) in [5.41, 5.74) is 1.90. The zero-order valence-corrected chi connectivity index (χ0v) is 15.2. The first-order valence-corrected chi connectivity index (χ1v) is 9.57. The van der Waals surface area contributed by atoms with Gasteiger partial charge in [-0.05, 0) is 30.5 Å². The summed E-state index contributed by atoms with van der Waals surface area (Å²) in [6.07, 6.45) is 2.42. The van der Waals surface area contributed by atoms with E-state index in [1.165, 1.54) is 18.4 Å². The van der Waals surface area contributed by atoms with Crippen LogP contribution in [0.3, 0.4) is 0 Å². The number of amides is 1. The van der Waals surface area contributed by atoms with Gasteiger partial charge in [-0.15, -0.1) is 0 Å². The van der Waals surface area contributed by atoms with E-state index in [2.05, 4.69) is 39.0 Å². The highest BCUT2D eigenvalue weighted by Crippen LogP contribution is 2.19. The second-order valence-electron chi connectivity index (χ2n) is 7.13. The fourth-order valence-corrected chi connectivity index (χ4v) is 3.78. The van der Waals surface area contributed by atoms with Gasteiger partial charge in [-0.1, -0.05) is 36.4 Å². The van der Waals surface area contributed by atoms with E-state index in [0.717, 1.165) is 51.6 Å². The SMILES string of the molecule is O=C(c1cccc(N2CCCC2)n1)N1CCN(Cc2ccccc2)CC1. The number of benzene rings is 1. The molecule has 0 spiro atoms. The topological polar surface area (TPSA) is 39.7 Å². The van der Waals surface area contributed by atoms with Crippen LogP contribution >= 0.6 is 0 Å². The fourth-order valence-electron chi connectivity index (χ4n) is 3.78. The lowest BCUT2D eigenvalue weighted by Crippen LogP contribution is -2.48. The molecule has 1 aromatic carbocycles. The van der Waals surface area contributed by atoms with Gasteiger partial charge in [-0.3, -0.25) is 9.69 Å². The minimum atomic E-state index is 0.0606. The Hall–Kier alpha value is -2.40. The molecule has 2 fully saturated rings. The molecule has 136 valence electrons. The van der Waals surface area contributed by atoms with E-state index in [0.29, 0.717) is 5.69 Å². The number of nitrogens with zero attached hydrogens (tertiary/aromatic N) is 4. The van der Waals surface area contributed by atoms with Crippen molar-refractivity contribution >= 4 is 11.7 Å². The molecule has 26 heavy (non-hydrogen) atoms. The summed E-state index contributed by atoms with van der Waals surface area (Å²) in [5, 5.41) is 0. The summed E-state index contributed by atoms with van der Waals surface area (Å²) < 4.78 is 0. The van der Waals surface area contributed by atoms with E-state index >= 15 is 0 Å². The van der Waals surface area contributed by atoms with Crippen LogP contribution in [0.1, 0.15) is 28.9 Å². The first kappa shape index (κ1) is 17.0. The Morgan fingerprint density at radius 1 is 0.846 bits per heavy atom. The van der Waals surface area contributed by atoms with Gasteiger partial charge in [0.2, 0.25) is 0 Å². The highest BCUT2D eigenvalue weighted by atomic mass is 16.2. The Kier molecular flexibility index (Phi) is 5.16. The Labute approximate surface area is 155 Å². The van der Waals surface area contributed by atoms with Crippen LogP contribution in [0.2, 0.25) is 0 Å². The molecule has 0 unspecified atom stereocenters. The van der Waals surface area contributed by atoms with Crippen LogP contribution in [0.15, 0.2) is 48.5 Å². The first-order chi connectivity index (χ1) is 12.8. The molecular weight excluding hydrogens is 324 g/mol. The summed E-state index contributed by atoms with van der Waals surface area (Å²) in [7, 11) is 0. The van der Waals surface area contributed by atoms with E-state index in [-0.39, 0.29) is 5.91 Å². The van der Waals surface area contributed by atoms with Crippen LogP contribution in [0.5, 0.6) is 0 Å². The maximum atomic E-state index is 12.9. The average Bonchev–Trinajstić information content (AvgIpc) is 3.24. The molecule has 2 aliphatic rings. The number of hydrogen-bond acceptors (Lipinski definition) is 4. The molecule has 3 heterocycles. The number of pyridine rings is 1. The van der Waals surface area contributed by atoms with Crippen molar-refractivity contribution in [3.8, 4) is 0 Å². The van der Waals surface area contributed by atoms with Crippen molar-refractivity contribution < 1.29 is 4.79 Å². The highest BCUT2D eigenvalue weighted by Gasteiger charge is 2.24. The quantitative estimate of drug-likeness (QED) is 0.850. The van der Waals surface area contributed by atoms with Crippen molar-refractivity contribution in [3.05, 3.63) is 59.8 Å². The van der Waals surface area contributed by atoms with Gasteiger partial charge in [-0.2, -0.15) is 0 Å². The predicted molar refractivity (Wildman–Crippen MR) is 103 cm³/mol. The smallest absolute Gasteiger partial charge is 0.272 e. The molecule has 0 bridgehead atoms. The number of anilines is 1. The summed E-state index contributed by atoms with van der Waals surface area (Å²) in [5.74, 6) is 1.00. The van der Waals surface area contributed by atoms with Gasteiger partial charge in [0.25, 0.3) is 5.91 Å². The molecule has 2 aromatic rings. The summed E-state index contributed by atoms with van der Waals surface area (Å²) in [4.78, 5) is 24.1. The number of carbonyl (C=O) groups is 1. The van der Waals surface area contributed by atoms with Crippen molar-refractivity contribution in [3.63, 3.8) is 0 Å². The van der Waals surface area contributed by atoms with Gasteiger partial charge in [0.15, 0.2) is 0 Å². The second kappa shape index (κ2) is 7.87. The molecule has 0 atom stereocenters. The van der Waals surface area contributed by atoms with Crippen molar-refractivity contribution in [2.45, 2.75) is 19.4 Å². The van der Waals surface area contributed by atoms with Crippen molar-refractivity contribution in [2.24, 2.45) is 0 Å². The molecule has 0 aliphatic carbocycles. The lowest BCUT2D eigenvalue weighted by Gasteiger charge is -2.34. The second-order valence-corrected chi connectivity index (χ2v) is 7.13. The van der Waals surface area contributed by atoms with E-state index in [1.54, 1.807) is 0 Å². The molecule has 0 N–H and O–H groups in total. The number of aromatic nitrogens is 1. The van der Waals surface area contributed by atoms with Crippen LogP contribution in [0, 0.1) is 0 Å². The van der Waals surface area contributed by atoms with E-state index in [9.17, 15) is 4.79 Å². The summed E-state index contributed by atoms with van der Waals surface area (Å²) in [6.45, 7) is 6.39. The molecule has 0 radical (unpaired) electrons. The summed E-state index contributed by atoms with van der Waals surface area (Å²) in [6, 6.07) is 16.3. The third-order valence-corrected chi connectivity index (χ3v) is 5.29. The van der Waals surface area contributed by atoms with Gasteiger partial charge in [0, 0.05) is 45.8 Å². The van der Waals surface area contributed by atoms with Crippen molar-refractivity contribution in [1.82, 2.24) is 14.8 Å². The zero-order chi connectivity index (χ0) is 17.8. The molecule has 5 nitrogen and oxygen atoms in total. The molecule has 1 amide bonds. The number of carbonyl (C=O) groups excluding carboxylic acids is 1. The van der Waals surface area contributed by atoms with Crippen LogP contribution in [-0.4, -0.2) is 60.0 Å². The third kappa shape index (κ3) is 3.88. The van der Waals surface area contributed by atoms with E-state index in [4.69, 9.17) is 0 Å². The molecule has 2 saturated heterocycles. The number of hydrogen-bond donors (Lipinski definition) is 0. The van der Waals surface area contributed by atoms with Gasteiger partial charge in [0.05, 0.1) is 0 Å². The lowest BCUT2D eigenvalue weighted by molar-refractivity contribution is 0.0623. The monoisotopic (exact) mass is 350 g/mol. The zero-order valence-electron chi connectivity index (χ0n) is 15.2. The van der Waals surface area contributed by atoms with Crippen LogP contribution < -0.4 is 4.90 Å².